The van der Waals surface area contributed by atoms with Gasteiger partial charge in [0.1, 0.15) is 18.0 Å². The van der Waals surface area contributed by atoms with Gasteiger partial charge in [-0.3, -0.25) is 19.3 Å². The summed E-state index contributed by atoms with van der Waals surface area (Å²) in [5, 5.41) is 13.4. The average molecular weight is 531 g/mol. The molecule has 2 N–H and O–H groups in total. The van der Waals surface area contributed by atoms with Crippen LogP contribution in [0, 0.1) is 0 Å². The Balaban J connectivity index is 1.85. The van der Waals surface area contributed by atoms with E-state index in [0.29, 0.717) is 22.0 Å². The first-order valence-corrected chi connectivity index (χ1v) is 12.6. The number of amides is 3. The molecule has 0 atom stereocenters. The Morgan fingerprint density at radius 3 is 2.17 bits per heavy atom. The number of ether oxygens (including phenoxy) is 1. The maximum atomic E-state index is 13.0. The molecule has 3 rings (SSSR count). The predicted molar refractivity (Wildman–Crippen MR) is 145 cm³/mol. The van der Waals surface area contributed by atoms with Crippen LogP contribution in [0.1, 0.15) is 58.2 Å². The lowest BCUT2D eigenvalue weighted by molar-refractivity contribution is -0.127. The van der Waals surface area contributed by atoms with Crippen molar-refractivity contribution in [2.75, 3.05) is 19.0 Å². The Kier molecular flexibility index (Phi) is 7.81. The van der Waals surface area contributed by atoms with Crippen molar-refractivity contribution >= 4 is 52.2 Å². The third-order valence-electron chi connectivity index (χ3n) is 5.66. The van der Waals surface area contributed by atoms with Crippen LogP contribution < -0.4 is 10.1 Å². The number of phenolic OH excluding ortho intramolecular Hbond substituents is 1. The van der Waals surface area contributed by atoms with Crippen molar-refractivity contribution in [1.82, 2.24) is 4.90 Å². The molecule has 7 nitrogen and oxygen atoms in total. The van der Waals surface area contributed by atoms with E-state index in [1.165, 1.54) is 13.2 Å². The number of thioether (sulfide) groups is 1. The lowest BCUT2D eigenvalue weighted by Gasteiger charge is -2.28. The van der Waals surface area contributed by atoms with E-state index in [0.717, 1.165) is 27.8 Å². The van der Waals surface area contributed by atoms with Crippen molar-refractivity contribution in [3.05, 3.63) is 56.9 Å². The predicted octanol–water partition coefficient (Wildman–Crippen LogP) is 6.32. The number of phenols is 1. The zero-order valence-electron chi connectivity index (χ0n) is 21.5. The quantitative estimate of drug-likeness (QED) is 0.439. The highest BCUT2D eigenvalue weighted by Crippen LogP contribution is 2.41. The zero-order chi connectivity index (χ0) is 27.0. The molecule has 0 spiro atoms. The number of carbonyl (C=O) groups excluding carboxylic acids is 3. The minimum absolute atomic E-state index is 0.214. The Labute approximate surface area is 220 Å². The van der Waals surface area contributed by atoms with E-state index in [4.69, 9.17) is 16.3 Å². The third-order valence-corrected chi connectivity index (χ3v) is 6.86. The number of rotatable bonds is 5. The topological polar surface area (TPSA) is 95.9 Å². The second-order valence-corrected chi connectivity index (χ2v) is 12.0. The number of nitrogens with zero attached hydrogens (tertiary/aromatic N) is 1. The molecule has 0 radical (unpaired) electrons. The van der Waals surface area contributed by atoms with Gasteiger partial charge in [0.05, 0.1) is 17.0 Å². The first-order valence-electron chi connectivity index (χ1n) is 11.4. The van der Waals surface area contributed by atoms with Crippen molar-refractivity contribution in [3.8, 4) is 11.5 Å². The Hall–Kier alpha value is -2.97. The van der Waals surface area contributed by atoms with Gasteiger partial charge in [-0.25, -0.2) is 0 Å². The molecule has 0 bridgehead atoms. The van der Waals surface area contributed by atoms with Crippen molar-refractivity contribution in [3.63, 3.8) is 0 Å². The van der Waals surface area contributed by atoms with Gasteiger partial charge in [-0.2, -0.15) is 0 Å². The van der Waals surface area contributed by atoms with E-state index in [2.05, 4.69) is 5.32 Å². The number of nitrogens with one attached hydrogen (secondary N) is 1. The summed E-state index contributed by atoms with van der Waals surface area (Å²) in [6.07, 6.45) is 1.63. The summed E-state index contributed by atoms with van der Waals surface area (Å²) < 4.78 is 5.09. The molecule has 192 valence electrons. The van der Waals surface area contributed by atoms with Gasteiger partial charge in [0.2, 0.25) is 5.91 Å². The molecule has 0 unspecified atom stereocenters. The standard InChI is InChI=1S/C27H31ClN2O5S/c1-26(2,3)17-10-15(11-18(23(17)32)27(4,5)6)12-21-24(33)30(25(34)36-21)14-22(31)29-16-8-9-20(35-7)19(28)13-16/h8-13,32H,14H2,1-7H3,(H,29,31)/b21-12-. The largest absolute Gasteiger partial charge is 0.507 e. The van der Waals surface area contributed by atoms with Crippen molar-refractivity contribution in [2.24, 2.45) is 0 Å². The van der Waals surface area contributed by atoms with Crippen LogP contribution in [0.2, 0.25) is 5.02 Å². The highest BCUT2D eigenvalue weighted by molar-refractivity contribution is 8.18. The first kappa shape index (κ1) is 27.6. The van der Waals surface area contributed by atoms with E-state index in [-0.39, 0.29) is 21.5 Å². The Bertz CT molecular complexity index is 1220. The fourth-order valence-electron chi connectivity index (χ4n) is 3.76. The van der Waals surface area contributed by atoms with Crippen molar-refractivity contribution in [2.45, 2.75) is 52.4 Å². The smallest absolute Gasteiger partial charge is 0.294 e. The number of imide groups is 1. The molecule has 9 heteroatoms. The summed E-state index contributed by atoms with van der Waals surface area (Å²) in [5.74, 6) is -0.384. The summed E-state index contributed by atoms with van der Waals surface area (Å²) in [7, 11) is 1.48. The molecule has 1 saturated heterocycles. The average Bonchev–Trinajstić information content (AvgIpc) is 3.00. The molecule has 1 aliphatic rings. The molecule has 1 heterocycles. The summed E-state index contributed by atoms with van der Waals surface area (Å²) in [6.45, 7) is 11.6. The second kappa shape index (κ2) is 10.2. The van der Waals surface area contributed by atoms with Gasteiger partial charge < -0.3 is 15.2 Å². The number of anilines is 1. The van der Waals surface area contributed by atoms with Crippen LogP contribution in [0.25, 0.3) is 6.08 Å². The van der Waals surface area contributed by atoms with Gasteiger partial charge in [-0.15, -0.1) is 0 Å². The zero-order valence-corrected chi connectivity index (χ0v) is 23.1. The van der Waals surface area contributed by atoms with E-state index >= 15 is 0 Å². The van der Waals surface area contributed by atoms with Gasteiger partial charge in [0.15, 0.2) is 0 Å². The van der Waals surface area contributed by atoms with E-state index in [1.807, 2.05) is 53.7 Å². The van der Waals surface area contributed by atoms with Crippen LogP contribution >= 0.6 is 23.4 Å². The van der Waals surface area contributed by atoms with Gasteiger partial charge in [-0.05, 0) is 64.6 Å². The molecule has 1 aliphatic heterocycles. The number of methoxy groups -OCH3 is 1. The maximum Gasteiger partial charge on any atom is 0.294 e. The van der Waals surface area contributed by atoms with Gasteiger partial charge in [0, 0.05) is 16.8 Å². The molecular weight excluding hydrogens is 500 g/mol. The van der Waals surface area contributed by atoms with E-state index in [1.54, 1.807) is 18.2 Å². The highest BCUT2D eigenvalue weighted by Gasteiger charge is 2.36. The number of benzene rings is 2. The first-order chi connectivity index (χ1) is 16.6. The fourth-order valence-corrected chi connectivity index (χ4v) is 4.86. The van der Waals surface area contributed by atoms with Crippen LogP contribution in [0.5, 0.6) is 11.5 Å². The molecule has 0 aromatic heterocycles. The van der Waals surface area contributed by atoms with E-state index in [9.17, 15) is 19.5 Å². The highest BCUT2D eigenvalue weighted by atomic mass is 35.5. The van der Waals surface area contributed by atoms with Crippen molar-refractivity contribution < 1.29 is 24.2 Å². The fraction of sp³-hybridized carbons (Fsp3) is 0.370. The minimum atomic E-state index is -0.546. The molecule has 1 fully saturated rings. The monoisotopic (exact) mass is 530 g/mol. The van der Waals surface area contributed by atoms with Crippen LogP contribution in [0.4, 0.5) is 10.5 Å². The Morgan fingerprint density at radius 2 is 1.67 bits per heavy atom. The van der Waals surface area contributed by atoms with E-state index < -0.39 is 23.6 Å². The second-order valence-electron chi connectivity index (χ2n) is 10.6. The van der Waals surface area contributed by atoms with Crippen LogP contribution in [0.15, 0.2) is 35.2 Å². The molecule has 36 heavy (non-hydrogen) atoms. The SMILES string of the molecule is COc1ccc(NC(=O)CN2C(=O)S/C(=C\c3cc(C(C)(C)C)c(O)c(C(C)(C)C)c3)C2=O)cc1Cl. The van der Waals surface area contributed by atoms with Crippen LogP contribution in [-0.2, 0) is 20.4 Å². The molecule has 2 aromatic rings. The lowest BCUT2D eigenvalue weighted by atomic mass is 9.78. The molecule has 0 saturated carbocycles. The van der Waals surface area contributed by atoms with Gasteiger partial charge in [0.25, 0.3) is 11.1 Å². The third kappa shape index (κ3) is 6.05. The number of aromatic hydroxyl groups is 1. The lowest BCUT2D eigenvalue weighted by Crippen LogP contribution is -2.36. The van der Waals surface area contributed by atoms with Crippen molar-refractivity contribution in [1.29, 1.82) is 0 Å². The maximum absolute atomic E-state index is 13.0. The van der Waals surface area contributed by atoms with Gasteiger partial charge in [-0.1, -0.05) is 53.1 Å². The summed E-state index contributed by atoms with van der Waals surface area (Å²) in [5.41, 5.74) is 1.94. The summed E-state index contributed by atoms with van der Waals surface area (Å²) >= 11 is 6.87. The molecular formula is C27H31ClN2O5S. The van der Waals surface area contributed by atoms with Crippen LogP contribution in [-0.4, -0.2) is 40.7 Å². The molecule has 2 aromatic carbocycles. The molecule has 0 aliphatic carbocycles. The number of halogens is 1. The number of hydrogen-bond donors (Lipinski definition) is 2. The normalized spacial score (nSPS) is 15.6. The number of carbonyl (C=O) groups is 3. The minimum Gasteiger partial charge on any atom is -0.507 e. The van der Waals surface area contributed by atoms with Gasteiger partial charge >= 0.3 is 0 Å². The van der Waals surface area contributed by atoms with Crippen LogP contribution in [0.3, 0.4) is 0 Å². The Morgan fingerprint density at radius 1 is 1.08 bits per heavy atom. The number of hydrogen-bond acceptors (Lipinski definition) is 6. The summed E-state index contributed by atoms with van der Waals surface area (Å²) in [6, 6.07) is 8.41. The molecule has 3 amide bonds. The summed E-state index contributed by atoms with van der Waals surface area (Å²) in [4.78, 5) is 39.3.